The first-order valence-electron chi connectivity index (χ1n) is 3.85. The van der Waals surface area contributed by atoms with E-state index in [1.807, 2.05) is 6.07 Å². The third-order valence-corrected chi connectivity index (χ3v) is 3.51. The minimum absolute atomic E-state index is 0.654. The lowest BCUT2D eigenvalue weighted by Crippen LogP contribution is -1.66. The van der Waals surface area contributed by atoms with Crippen molar-refractivity contribution in [3.05, 3.63) is 33.3 Å². The average molecular weight is 221 g/mol. The highest BCUT2D eigenvalue weighted by Gasteiger charge is 2.05. The van der Waals surface area contributed by atoms with Gasteiger partial charge in [-0.1, -0.05) is 0 Å². The average Bonchev–Trinajstić information content (AvgIpc) is 2.86. The first kappa shape index (κ1) is 9.30. The molecule has 0 aliphatic carbocycles. The third-order valence-electron chi connectivity index (χ3n) is 1.69. The second-order valence-corrected chi connectivity index (χ2v) is 4.60. The SMILES string of the molecule is O=Cc1cc(-c2ccc(C=O)s2)[c]s1. The molecule has 2 aromatic rings. The smallest absolute Gasteiger partial charge is 0.160 e. The molecule has 2 heterocycles. The predicted octanol–water partition coefficient (Wildman–Crippen LogP) is 2.90. The summed E-state index contributed by atoms with van der Waals surface area (Å²) in [5.41, 5.74) is 0.884. The molecule has 0 saturated heterocycles. The first-order valence-corrected chi connectivity index (χ1v) is 5.49. The Labute approximate surface area is 88.8 Å². The lowest BCUT2D eigenvalue weighted by Gasteiger charge is -1.86. The summed E-state index contributed by atoms with van der Waals surface area (Å²) >= 11 is 2.69. The summed E-state index contributed by atoms with van der Waals surface area (Å²) in [5, 5.41) is 3.02. The van der Waals surface area contributed by atoms with Gasteiger partial charge >= 0.3 is 0 Å². The van der Waals surface area contributed by atoms with Gasteiger partial charge in [-0.15, -0.1) is 22.7 Å². The highest BCUT2D eigenvalue weighted by atomic mass is 32.1. The number of rotatable bonds is 3. The summed E-state index contributed by atoms with van der Waals surface area (Å²) < 4.78 is 0. The van der Waals surface area contributed by atoms with E-state index in [1.165, 1.54) is 22.7 Å². The van der Waals surface area contributed by atoms with Gasteiger partial charge in [0.1, 0.15) is 0 Å². The van der Waals surface area contributed by atoms with Crippen LogP contribution >= 0.6 is 22.7 Å². The molecule has 69 valence electrons. The second-order valence-electron chi connectivity index (χ2n) is 2.60. The molecule has 0 spiro atoms. The van der Waals surface area contributed by atoms with Gasteiger partial charge in [-0.3, -0.25) is 9.59 Å². The van der Waals surface area contributed by atoms with Crippen LogP contribution in [0.5, 0.6) is 0 Å². The quantitative estimate of drug-likeness (QED) is 0.747. The van der Waals surface area contributed by atoms with Crippen LogP contribution in [0.15, 0.2) is 18.2 Å². The first-order chi connectivity index (χ1) is 6.83. The standard InChI is InChI=1S/C10H5O2S2/c11-4-8-1-2-10(14-8)7-3-9(5-12)13-6-7/h1-5H. The lowest BCUT2D eigenvalue weighted by molar-refractivity contribution is 0.111. The molecule has 0 fully saturated rings. The molecule has 0 aliphatic rings. The highest BCUT2D eigenvalue weighted by molar-refractivity contribution is 7.17. The molecule has 0 N–H and O–H groups in total. The zero-order valence-corrected chi connectivity index (χ0v) is 8.65. The maximum atomic E-state index is 10.5. The number of carbonyl (C=O) groups is 2. The van der Waals surface area contributed by atoms with Gasteiger partial charge in [-0.05, 0) is 18.2 Å². The van der Waals surface area contributed by atoms with Crippen LogP contribution in [0.25, 0.3) is 10.4 Å². The van der Waals surface area contributed by atoms with E-state index >= 15 is 0 Å². The molecule has 1 radical (unpaired) electrons. The Bertz CT molecular complexity index is 424. The number of thiophene rings is 2. The molecule has 0 unspecified atom stereocenters. The van der Waals surface area contributed by atoms with Crippen molar-refractivity contribution in [2.75, 3.05) is 0 Å². The Balaban J connectivity index is 2.38. The fourth-order valence-electron chi connectivity index (χ4n) is 1.06. The van der Waals surface area contributed by atoms with E-state index in [0.717, 1.165) is 23.0 Å². The maximum Gasteiger partial charge on any atom is 0.160 e. The van der Waals surface area contributed by atoms with Crippen molar-refractivity contribution in [2.24, 2.45) is 0 Å². The van der Waals surface area contributed by atoms with E-state index in [4.69, 9.17) is 0 Å². The van der Waals surface area contributed by atoms with Crippen LogP contribution in [0, 0.1) is 5.38 Å². The van der Waals surface area contributed by atoms with Crippen molar-refractivity contribution < 1.29 is 9.59 Å². The van der Waals surface area contributed by atoms with Gasteiger partial charge in [0.15, 0.2) is 12.6 Å². The Morgan fingerprint density at radius 3 is 2.50 bits per heavy atom. The predicted molar refractivity (Wildman–Crippen MR) is 57.2 cm³/mol. The largest absolute Gasteiger partial charge is 0.297 e. The molecule has 14 heavy (non-hydrogen) atoms. The molecule has 0 aliphatic heterocycles. The van der Waals surface area contributed by atoms with E-state index < -0.39 is 0 Å². The normalized spacial score (nSPS) is 10.0. The van der Waals surface area contributed by atoms with Crippen molar-refractivity contribution >= 4 is 35.2 Å². The molecule has 2 rings (SSSR count). The monoisotopic (exact) mass is 221 g/mol. The summed E-state index contributed by atoms with van der Waals surface area (Å²) in [6.45, 7) is 0. The minimum atomic E-state index is 0.654. The van der Waals surface area contributed by atoms with E-state index in [9.17, 15) is 9.59 Å². The zero-order valence-electron chi connectivity index (χ0n) is 7.02. The van der Waals surface area contributed by atoms with Crippen LogP contribution in [0.4, 0.5) is 0 Å². The van der Waals surface area contributed by atoms with E-state index in [0.29, 0.717) is 9.75 Å². The second kappa shape index (κ2) is 3.86. The summed E-state index contributed by atoms with van der Waals surface area (Å²) in [7, 11) is 0. The molecule has 0 amide bonds. The number of aldehydes is 2. The third kappa shape index (κ3) is 1.66. The van der Waals surface area contributed by atoms with Gasteiger partial charge in [0.05, 0.1) is 15.1 Å². The summed E-state index contributed by atoms with van der Waals surface area (Å²) in [4.78, 5) is 23.2. The van der Waals surface area contributed by atoms with Gasteiger partial charge in [-0.25, -0.2) is 0 Å². The summed E-state index contributed by atoms with van der Waals surface area (Å²) in [6.07, 6.45) is 1.63. The van der Waals surface area contributed by atoms with Crippen molar-refractivity contribution in [3.8, 4) is 10.4 Å². The minimum Gasteiger partial charge on any atom is -0.297 e. The highest BCUT2D eigenvalue weighted by Crippen LogP contribution is 2.29. The van der Waals surface area contributed by atoms with Gasteiger partial charge in [0.25, 0.3) is 0 Å². The maximum absolute atomic E-state index is 10.5. The van der Waals surface area contributed by atoms with Crippen molar-refractivity contribution in [1.82, 2.24) is 0 Å². The molecule has 4 heteroatoms. The Kier molecular flexibility index (Phi) is 2.56. The number of hydrogen-bond acceptors (Lipinski definition) is 4. The van der Waals surface area contributed by atoms with Crippen LogP contribution < -0.4 is 0 Å². The molecular formula is C10H5O2S2. The Morgan fingerprint density at radius 1 is 1.14 bits per heavy atom. The fraction of sp³-hybridized carbons (Fsp3) is 0. The molecule has 0 bridgehead atoms. The lowest BCUT2D eigenvalue weighted by atomic mass is 10.2. The zero-order chi connectivity index (χ0) is 9.97. The fourth-order valence-corrected chi connectivity index (χ4v) is 2.54. The molecule has 0 aromatic carbocycles. The van der Waals surface area contributed by atoms with E-state index in [2.05, 4.69) is 5.38 Å². The topological polar surface area (TPSA) is 34.1 Å². The number of hydrogen-bond donors (Lipinski definition) is 0. The van der Waals surface area contributed by atoms with Gasteiger partial charge in [-0.2, -0.15) is 0 Å². The van der Waals surface area contributed by atoms with Crippen LogP contribution in [-0.4, -0.2) is 12.6 Å². The van der Waals surface area contributed by atoms with E-state index in [-0.39, 0.29) is 0 Å². The molecular weight excluding hydrogens is 216 g/mol. The number of carbonyl (C=O) groups excluding carboxylic acids is 2. The van der Waals surface area contributed by atoms with Gasteiger partial charge < -0.3 is 0 Å². The Morgan fingerprint density at radius 2 is 1.93 bits per heavy atom. The van der Waals surface area contributed by atoms with Crippen molar-refractivity contribution in [2.45, 2.75) is 0 Å². The molecule has 2 aromatic heterocycles. The van der Waals surface area contributed by atoms with Crippen molar-refractivity contribution in [3.63, 3.8) is 0 Å². The molecule has 2 nitrogen and oxygen atoms in total. The molecule has 0 atom stereocenters. The van der Waals surface area contributed by atoms with Crippen LogP contribution in [0.1, 0.15) is 19.3 Å². The van der Waals surface area contributed by atoms with Crippen LogP contribution in [0.3, 0.4) is 0 Å². The van der Waals surface area contributed by atoms with Crippen LogP contribution in [-0.2, 0) is 0 Å². The summed E-state index contributed by atoms with van der Waals surface area (Å²) in [6, 6.07) is 5.40. The van der Waals surface area contributed by atoms with Gasteiger partial charge in [0.2, 0.25) is 0 Å². The summed E-state index contributed by atoms with van der Waals surface area (Å²) in [5.74, 6) is 0. The Hall–Kier alpha value is -1.26. The molecule has 0 saturated carbocycles. The van der Waals surface area contributed by atoms with Gasteiger partial charge in [0, 0.05) is 10.4 Å². The van der Waals surface area contributed by atoms with Crippen LogP contribution in [0.2, 0.25) is 0 Å². The van der Waals surface area contributed by atoms with Crippen molar-refractivity contribution in [1.29, 1.82) is 0 Å². The van der Waals surface area contributed by atoms with E-state index in [1.54, 1.807) is 12.1 Å².